The van der Waals surface area contributed by atoms with Crippen LogP contribution in [0.1, 0.15) is 20.3 Å². The first-order valence-corrected chi connectivity index (χ1v) is 7.67. The maximum atomic E-state index is 12.6. The Kier molecular flexibility index (Phi) is 4.55. The number of aromatic nitrogens is 4. The molecule has 0 aromatic carbocycles. The number of halogens is 1. The van der Waals surface area contributed by atoms with Crippen LogP contribution in [0.5, 0.6) is 0 Å². The number of primary amides is 1. The molecule has 120 valence electrons. The first-order chi connectivity index (χ1) is 10.2. The molecule has 0 spiro atoms. The number of rotatable bonds is 5. The molecule has 2 rings (SSSR count). The summed E-state index contributed by atoms with van der Waals surface area (Å²) in [6.45, 7) is 4.24. The average molecular weight is 372 g/mol. The third-order valence-corrected chi connectivity index (χ3v) is 3.95. The van der Waals surface area contributed by atoms with Gasteiger partial charge in [0.25, 0.3) is 5.56 Å². The maximum absolute atomic E-state index is 12.6. The highest BCUT2D eigenvalue weighted by Crippen LogP contribution is 2.19. The second-order valence-corrected chi connectivity index (χ2v) is 6.34. The molecular weight excluding hydrogens is 354 g/mol. The molecule has 1 amide bonds. The van der Waals surface area contributed by atoms with Crippen LogP contribution in [0.4, 0.5) is 0 Å². The highest BCUT2D eigenvalue weighted by atomic mass is 79.9. The van der Waals surface area contributed by atoms with E-state index in [2.05, 4.69) is 34.9 Å². The fourth-order valence-corrected chi connectivity index (χ4v) is 2.91. The second kappa shape index (κ2) is 6.07. The van der Waals surface area contributed by atoms with Gasteiger partial charge in [-0.25, -0.2) is 9.36 Å². The van der Waals surface area contributed by atoms with E-state index in [1.54, 1.807) is 4.68 Å². The molecule has 8 nitrogen and oxygen atoms in total. The van der Waals surface area contributed by atoms with Crippen molar-refractivity contribution in [2.24, 2.45) is 18.7 Å². The van der Waals surface area contributed by atoms with Gasteiger partial charge in [-0.15, -0.1) is 0 Å². The summed E-state index contributed by atoms with van der Waals surface area (Å²) in [6.07, 6.45) is 0.835. The highest BCUT2D eigenvalue weighted by Gasteiger charge is 2.20. The fourth-order valence-electron chi connectivity index (χ4n) is 2.26. The van der Waals surface area contributed by atoms with Gasteiger partial charge in [0, 0.05) is 13.6 Å². The van der Waals surface area contributed by atoms with Crippen molar-refractivity contribution in [1.82, 2.24) is 18.9 Å². The van der Waals surface area contributed by atoms with Gasteiger partial charge in [0.1, 0.15) is 12.1 Å². The predicted molar refractivity (Wildman–Crippen MR) is 85.6 cm³/mol. The summed E-state index contributed by atoms with van der Waals surface area (Å²) in [5.41, 5.74) is 4.67. The summed E-state index contributed by atoms with van der Waals surface area (Å²) >= 11 is 3.29. The van der Waals surface area contributed by atoms with E-state index in [-0.39, 0.29) is 5.52 Å². The molecule has 0 bridgehead atoms. The molecule has 0 aliphatic heterocycles. The zero-order valence-corrected chi connectivity index (χ0v) is 14.3. The molecule has 22 heavy (non-hydrogen) atoms. The Balaban J connectivity index is 2.76. The van der Waals surface area contributed by atoms with Crippen molar-refractivity contribution >= 4 is 32.9 Å². The minimum absolute atomic E-state index is 0.288. The minimum Gasteiger partial charge on any atom is -0.368 e. The standard InChI is InChI=1S/C13H18BrN5O3/c1-7(2)4-5-19-10-9(11(14)16-19)17(3)13(22)18(12(10)21)6-8(15)20/h7H,4-6H2,1-3H3,(H2,15,20). The summed E-state index contributed by atoms with van der Waals surface area (Å²) in [5.74, 6) is -0.302. The zero-order valence-electron chi connectivity index (χ0n) is 12.7. The van der Waals surface area contributed by atoms with Crippen LogP contribution >= 0.6 is 15.9 Å². The van der Waals surface area contributed by atoms with Crippen LogP contribution in [-0.4, -0.2) is 24.8 Å². The lowest BCUT2D eigenvalue weighted by molar-refractivity contribution is -0.118. The summed E-state index contributed by atoms with van der Waals surface area (Å²) in [6, 6.07) is 0. The Labute approximate surface area is 134 Å². The van der Waals surface area contributed by atoms with Gasteiger partial charge in [-0.1, -0.05) is 13.8 Å². The number of amides is 1. The number of nitrogens with two attached hydrogens (primary N) is 1. The number of hydrogen-bond acceptors (Lipinski definition) is 4. The van der Waals surface area contributed by atoms with Gasteiger partial charge in [-0.2, -0.15) is 5.10 Å². The van der Waals surface area contributed by atoms with Crippen LogP contribution in [0.3, 0.4) is 0 Å². The van der Waals surface area contributed by atoms with Crippen molar-refractivity contribution in [2.45, 2.75) is 33.4 Å². The van der Waals surface area contributed by atoms with E-state index in [0.717, 1.165) is 11.0 Å². The molecule has 2 N–H and O–H groups in total. The SMILES string of the molecule is CC(C)CCn1nc(Br)c2c1c(=O)n(CC(N)=O)c(=O)n2C. The zero-order chi connectivity index (χ0) is 16.6. The monoisotopic (exact) mass is 371 g/mol. The smallest absolute Gasteiger partial charge is 0.331 e. The summed E-state index contributed by atoms with van der Waals surface area (Å²) < 4.78 is 4.13. The Morgan fingerprint density at radius 2 is 1.95 bits per heavy atom. The van der Waals surface area contributed by atoms with Crippen molar-refractivity contribution in [1.29, 1.82) is 0 Å². The average Bonchev–Trinajstić information content (AvgIpc) is 2.75. The lowest BCUT2D eigenvalue weighted by Crippen LogP contribution is -2.42. The number of fused-ring (bicyclic) bond motifs is 1. The fraction of sp³-hybridized carbons (Fsp3) is 0.538. The summed E-state index contributed by atoms with van der Waals surface area (Å²) in [7, 11) is 1.53. The van der Waals surface area contributed by atoms with E-state index in [9.17, 15) is 14.4 Å². The van der Waals surface area contributed by atoms with Crippen LogP contribution in [0.15, 0.2) is 14.2 Å². The molecule has 0 saturated carbocycles. The highest BCUT2D eigenvalue weighted by molar-refractivity contribution is 9.10. The predicted octanol–water partition coefficient (Wildman–Crippen LogP) is 0.191. The van der Waals surface area contributed by atoms with E-state index < -0.39 is 23.7 Å². The van der Waals surface area contributed by atoms with Gasteiger partial charge < -0.3 is 5.73 Å². The molecule has 9 heteroatoms. The van der Waals surface area contributed by atoms with Gasteiger partial charge >= 0.3 is 5.69 Å². The second-order valence-electron chi connectivity index (χ2n) is 5.59. The van der Waals surface area contributed by atoms with E-state index in [1.165, 1.54) is 11.6 Å². The number of aryl methyl sites for hydroxylation is 2. The Morgan fingerprint density at radius 3 is 2.50 bits per heavy atom. The maximum Gasteiger partial charge on any atom is 0.331 e. The van der Waals surface area contributed by atoms with Crippen molar-refractivity contribution < 1.29 is 4.79 Å². The van der Waals surface area contributed by atoms with Gasteiger partial charge in [0.2, 0.25) is 5.91 Å². The number of nitrogens with zero attached hydrogens (tertiary/aromatic N) is 4. The molecule has 0 atom stereocenters. The van der Waals surface area contributed by atoms with E-state index in [0.29, 0.717) is 22.6 Å². The third-order valence-electron chi connectivity index (χ3n) is 3.42. The lowest BCUT2D eigenvalue weighted by Gasteiger charge is -2.09. The molecular formula is C13H18BrN5O3. The Morgan fingerprint density at radius 1 is 1.32 bits per heavy atom. The molecule has 2 heterocycles. The van der Waals surface area contributed by atoms with Crippen LogP contribution < -0.4 is 17.0 Å². The van der Waals surface area contributed by atoms with Crippen molar-refractivity contribution in [2.75, 3.05) is 0 Å². The van der Waals surface area contributed by atoms with Crippen molar-refractivity contribution in [3.63, 3.8) is 0 Å². The molecule has 0 unspecified atom stereocenters. The molecule has 0 saturated heterocycles. The van der Waals surface area contributed by atoms with Crippen LogP contribution in [0.2, 0.25) is 0 Å². The number of carbonyl (C=O) groups excluding carboxylic acids is 1. The quantitative estimate of drug-likeness (QED) is 0.809. The van der Waals surface area contributed by atoms with Gasteiger partial charge in [0.15, 0.2) is 10.1 Å². The van der Waals surface area contributed by atoms with Gasteiger partial charge in [0.05, 0.1) is 0 Å². The normalized spacial score (nSPS) is 11.5. The van der Waals surface area contributed by atoms with Gasteiger partial charge in [-0.3, -0.25) is 18.8 Å². The van der Waals surface area contributed by atoms with E-state index in [4.69, 9.17) is 5.73 Å². The topological polar surface area (TPSA) is 105 Å². The number of carbonyl (C=O) groups is 1. The van der Waals surface area contributed by atoms with Crippen molar-refractivity contribution in [3.8, 4) is 0 Å². The van der Waals surface area contributed by atoms with Gasteiger partial charge in [-0.05, 0) is 28.3 Å². The van der Waals surface area contributed by atoms with Crippen LogP contribution in [0.25, 0.3) is 11.0 Å². The first-order valence-electron chi connectivity index (χ1n) is 6.88. The molecule has 0 fully saturated rings. The van der Waals surface area contributed by atoms with E-state index >= 15 is 0 Å². The largest absolute Gasteiger partial charge is 0.368 e. The van der Waals surface area contributed by atoms with E-state index in [1.807, 2.05) is 0 Å². The summed E-state index contributed by atoms with van der Waals surface area (Å²) in [5, 5.41) is 4.29. The molecule has 2 aromatic heterocycles. The molecule has 0 aliphatic rings. The number of hydrogen-bond donors (Lipinski definition) is 1. The summed E-state index contributed by atoms with van der Waals surface area (Å²) in [4.78, 5) is 35.9. The Hall–Kier alpha value is -1.90. The molecule has 0 aliphatic carbocycles. The third kappa shape index (κ3) is 2.85. The van der Waals surface area contributed by atoms with Crippen LogP contribution in [-0.2, 0) is 24.9 Å². The Bertz CT molecular complexity index is 846. The molecule has 0 radical (unpaired) electrons. The van der Waals surface area contributed by atoms with Crippen LogP contribution in [0, 0.1) is 5.92 Å². The van der Waals surface area contributed by atoms with Crippen molar-refractivity contribution in [3.05, 3.63) is 25.4 Å². The molecule has 2 aromatic rings. The lowest BCUT2D eigenvalue weighted by atomic mass is 10.1. The minimum atomic E-state index is -0.745. The first kappa shape index (κ1) is 16.5.